The third kappa shape index (κ3) is 3.39. The molecule has 0 N–H and O–H groups in total. The molecule has 96 valence electrons. The number of benzene rings is 1. The highest BCUT2D eigenvalue weighted by Gasteiger charge is 2.11. The Hall–Kier alpha value is -2.20. The molecule has 0 saturated carbocycles. The summed E-state index contributed by atoms with van der Waals surface area (Å²) in [7, 11) is 0. The van der Waals surface area contributed by atoms with Gasteiger partial charge in [0.05, 0.1) is 5.56 Å². The number of allylic oxidation sites excluding steroid dienone is 4. The van der Waals surface area contributed by atoms with Crippen molar-refractivity contribution in [1.82, 2.24) is 0 Å². The number of oxime groups is 1. The smallest absolute Gasteiger partial charge is 0.312 e. The molecule has 0 saturated heterocycles. The van der Waals surface area contributed by atoms with E-state index in [2.05, 4.69) is 5.16 Å². The maximum Gasteiger partial charge on any atom is 0.365 e. The average Bonchev–Trinajstić information content (AvgIpc) is 2.37. The van der Waals surface area contributed by atoms with Crippen LogP contribution < -0.4 is 0 Å². The Morgan fingerprint density at radius 1 is 1.32 bits per heavy atom. The van der Waals surface area contributed by atoms with E-state index in [1.54, 1.807) is 25.1 Å². The van der Waals surface area contributed by atoms with Crippen molar-refractivity contribution in [1.29, 1.82) is 0 Å². The highest BCUT2D eigenvalue weighted by molar-refractivity contribution is 6.30. The molecule has 0 fully saturated rings. The monoisotopic (exact) mass is 275 g/mol. The molecular formula is C14H10ClNO3. The van der Waals surface area contributed by atoms with Crippen molar-refractivity contribution in [2.75, 3.05) is 0 Å². The molecule has 1 aromatic rings. The number of carbonyl (C=O) groups is 2. The number of rotatable bonds is 2. The SMILES string of the molecule is CC1=CC(=O)C=C/C1=N/OC(=O)c1cccc(Cl)c1. The van der Waals surface area contributed by atoms with Crippen molar-refractivity contribution in [2.24, 2.45) is 5.16 Å². The van der Waals surface area contributed by atoms with Crippen LogP contribution in [0.5, 0.6) is 0 Å². The van der Waals surface area contributed by atoms with Crippen LogP contribution in [-0.4, -0.2) is 17.5 Å². The Balaban J connectivity index is 2.11. The van der Waals surface area contributed by atoms with E-state index in [0.29, 0.717) is 21.9 Å². The van der Waals surface area contributed by atoms with Gasteiger partial charge >= 0.3 is 5.97 Å². The normalized spacial score (nSPS) is 16.4. The van der Waals surface area contributed by atoms with Crippen LogP contribution >= 0.6 is 11.6 Å². The van der Waals surface area contributed by atoms with Gasteiger partial charge in [0.25, 0.3) is 0 Å². The van der Waals surface area contributed by atoms with E-state index in [1.807, 2.05) is 0 Å². The number of nitrogens with zero attached hydrogens (tertiary/aromatic N) is 1. The lowest BCUT2D eigenvalue weighted by atomic mass is 10.1. The van der Waals surface area contributed by atoms with Gasteiger partial charge < -0.3 is 4.84 Å². The van der Waals surface area contributed by atoms with Crippen molar-refractivity contribution in [3.05, 3.63) is 58.7 Å². The molecule has 0 radical (unpaired) electrons. The van der Waals surface area contributed by atoms with Crippen molar-refractivity contribution in [2.45, 2.75) is 6.92 Å². The standard InChI is InChI=1S/C14H10ClNO3/c1-9-7-12(17)5-6-13(9)16-19-14(18)10-3-2-4-11(15)8-10/h2-8H,1H3/b16-13-. The molecule has 0 unspecified atom stereocenters. The molecule has 4 nitrogen and oxygen atoms in total. The van der Waals surface area contributed by atoms with Gasteiger partial charge in [0.2, 0.25) is 0 Å². The van der Waals surface area contributed by atoms with Crippen LogP contribution in [0.1, 0.15) is 17.3 Å². The Bertz CT molecular complexity index is 629. The molecule has 19 heavy (non-hydrogen) atoms. The van der Waals surface area contributed by atoms with Gasteiger partial charge in [-0.3, -0.25) is 4.79 Å². The number of hydrogen-bond acceptors (Lipinski definition) is 4. The number of ketones is 1. The highest BCUT2D eigenvalue weighted by atomic mass is 35.5. The van der Waals surface area contributed by atoms with Crippen LogP contribution in [0.2, 0.25) is 5.02 Å². The van der Waals surface area contributed by atoms with Gasteiger partial charge in [-0.2, -0.15) is 0 Å². The third-order valence-electron chi connectivity index (χ3n) is 2.46. The molecule has 0 atom stereocenters. The first-order valence-corrected chi connectivity index (χ1v) is 5.89. The molecule has 2 rings (SSSR count). The molecule has 0 amide bonds. The summed E-state index contributed by atoms with van der Waals surface area (Å²) in [5.41, 5.74) is 1.40. The van der Waals surface area contributed by atoms with Crippen LogP contribution in [-0.2, 0) is 9.63 Å². The zero-order valence-electron chi connectivity index (χ0n) is 10.1. The predicted molar refractivity (Wildman–Crippen MR) is 72.2 cm³/mol. The van der Waals surface area contributed by atoms with Crippen molar-refractivity contribution in [3.63, 3.8) is 0 Å². The zero-order valence-corrected chi connectivity index (χ0v) is 10.8. The summed E-state index contributed by atoms with van der Waals surface area (Å²) in [6, 6.07) is 6.38. The third-order valence-corrected chi connectivity index (χ3v) is 2.69. The van der Waals surface area contributed by atoms with Crippen LogP contribution in [0.25, 0.3) is 0 Å². The van der Waals surface area contributed by atoms with Crippen molar-refractivity contribution < 1.29 is 14.4 Å². The first-order chi connectivity index (χ1) is 9.06. The lowest BCUT2D eigenvalue weighted by Gasteiger charge is -2.05. The van der Waals surface area contributed by atoms with E-state index in [-0.39, 0.29) is 5.78 Å². The number of hydrogen-bond donors (Lipinski definition) is 0. The molecule has 0 bridgehead atoms. The summed E-state index contributed by atoms with van der Waals surface area (Å²) >= 11 is 5.78. The molecule has 1 aliphatic carbocycles. The van der Waals surface area contributed by atoms with Crippen molar-refractivity contribution >= 4 is 29.1 Å². The second-order valence-electron chi connectivity index (χ2n) is 3.93. The van der Waals surface area contributed by atoms with E-state index >= 15 is 0 Å². The van der Waals surface area contributed by atoms with Gasteiger partial charge in [0.15, 0.2) is 5.78 Å². The molecular weight excluding hydrogens is 266 g/mol. The molecule has 1 aromatic carbocycles. The van der Waals surface area contributed by atoms with Gasteiger partial charge in [-0.1, -0.05) is 22.8 Å². The minimum Gasteiger partial charge on any atom is -0.312 e. The summed E-state index contributed by atoms with van der Waals surface area (Å²) in [6.45, 7) is 1.72. The molecule has 0 aromatic heterocycles. The zero-order chi connectivity index (χ0) is 13.8. The quantitative estimate of drug-likeness (QED) is 0.474. The summed E-state index contributed by atoms with van der Waals surface area (Å²) in [5.74, 6) is -0.717. The van der Waals surface area contributed by atoms with Gasteiger partial charge in [-0.15, -0.1) is 0 Å². The number of carbonyl (C=O) groups excluding carboxylic acids is 2. The Kier molecular flexibility index (Phi) is 3.92. The minimum absolute atomic E-state index is 0.113. The van der Waals surface area contributed by atoms with Gasteiger partial charge in [-0.05, 0) is 48.9 Å². The lowest BCUT2D eigenvalue weighted by Crippen LogP contribution is -2.08. The first kappa shape index (κ1) is 13.2. The Labute approximate surface area is 115 Å². The fourth-order valence-corrected chi connectivity index (χ4v) is 1.68. The minimum atomic E-state index is -0.604. The van der Waals surface area contributed by atoms with E-state index in [1.165, 1.54) is 24.3 Å². The van der Waals surface area contributed by atoms with Crippen molar-refractivity contribution in [3.8, 4) is 0 Å². The summed E-state index contributed by atoms with van der Waals surface area (Å²) < 4.78 is 0. The first-order valence-electron chi connectivity index (χ1n) is 5.52. The molecule has 0 heterocycles. The van der Waals surface area contributed by atoms with E-state index in [0.717, 1.165) is 0 Å². The summed E-state index contributed by atoms with van der Waals surface area (Å²) in [6.07, 6.45) is 4.29. The maximum atomic E-state index is 11.7. The average molecular weight is 276 g/mol. The van der Waals surface area contributed by atoms with E-state index in [9.17, 15) is 9.59 Å². The van der Waals surface area contributed by atoms with E-state index in [4.69, 9.17) is 16.4 Å². The Morgan fingerprint density at radius 2 is 2.11 bits per heavy atom. The summed E-state index contributed by atoms with van der Waals surface area (Å²) in [5, 5.41) is 4.17. The predicted octanol–water partition coefficient (Wildman–Crippen LogP) is 2.94. The lowest BCUT2D eigenvalue weighted by molar-refractivity contribution is -0.110. The topological polar surface area (TPSA) is 55.7 Å². The van der Waals surface area contributed by atoms with Gasteiger partial charge in [-0.25, -0.2) is 4.79 Å². The highest BCUT2D eigenvalue weighted by Crippen LogP contribution is 2.12. The van der Waals surface area contributed by atoms with Crippen LogP contribution in [0.4, 0.5) is 0 Å². The fraction of sp³-hybridized carbons (Fsp3) is 0.0714. The van der Waals surface area contributed by atoms with E-state index < -0.39 is 5.97 Å². The second kappa shape index (κ2) is 5.63. The number of halogens is 1. The van der Waals surface area contributed by atoms with Gasteiger partial charge in [0, 0.05) is 5.02 Å². The largest absolute Gasteiger partial charge is 0.365 e. The van der Waals surface area contributed by atoms with Gasteiger partial charge in [0.1, 0.15) is 5.71 Å². The molecule has 1 aliphatic rings. The fourth-order valence-electron chi connectivity index (χ4n) is 1.49. The molecule has 0 spiro atoms. The van der Waals surface area contributed by atoms with Crippen LogP contribution in [0.15, 0.2) is 53.2 Å². The molecule has 5 heteroatoms. The Morgan fingerprint density at radius 3 is 2.79 bits per heavy atom. The maximum absolute atomic E-state index is 11.7. The van der Waals surface area contributed by atoms with Crippen LogP contribution in [0.3, 0.4) is 0 Å². The summed E-state index contributed by atoms with van der Waals surface area (Å²) in [4.78, 5) is 27.6. The molecule has 0 aliphatic heterocycles. The van der Waals surface area contributed by atoms with Crippen LogP contribution in [0, 0.1) is 0 Å². The second-order valence-corrected chi connectivity index (χ2v) is 4.37.